The molecule has 4 bridgehead atoms. The van der Waals surface area contributed by atoms with Gasteiger partial charge in [-0.25, -0.2) is 14.6 Å². The number of hydrogen-bond donors (Lipinski definition) is 2. The van der Waals surface area contributed by atoms with E-state index in [1.807, 2.05) is 31.2 Å². The predicted octanol–water partition coefficient (Wildman–Crippen LogP) is 3.65. The molecule has 12 nitrogen and oxygen atoms in total. The Morgan fingerprint density at radius 3 is 2.71 bits per heavy atom. The first-order valence-corrected chi connectivity index (χ1v) is 13.8. The number of carbonyl (C=O) groups excluding carboxylic acids is 1. The van der Waals surface area contributed by atoms with E-state index < -0.39 is 24.2 Å². The molecule has 1 aliphatic carbocycles. The van der Waals surface area contributed by atoms with E-state index >= 15 is 4.39 Å². The van der Waals surface area contributed by atoms with Crippen molar-refractivity contribution in [2.75, 3.05) is 13.7 Å². The SMILES string of the molecule is COC(=O)N[C@H]1C[C@H]2C[C@@H]1OC[C@@H](C)Oc1ccc(cc1)-c1c(-c3cn(C)nc3F)[nH]c3ncc4c(c13)n2c(=O)n4C. The molecule has 1 aromatic carbocycles. The largest absolute Gasteiger partial charge is 0.488 e. The van der Waals surface area contributed by atoms with E-state index in [2.05, 4.69) is 20.4 Å². The molecule has 8 rings (SSSR count). The van der Waals surface area contributed by atoms with E-state index in [1.54, 1.807) is 35.6 Å². The number of aromatic nitrogens is 6. The van der Waals surface area contributed by atoms with Gasteiger partial charge in [-0.05, 0) is 37.5 Å². The summed E-state index contributed by atoms with van der Waals surface area (Å²) in [6.07, 6.45) is 2.93. The number of halogens is 1. The highest BCUT2D eigenvalue weighted by Gasteiger charge is 2.40. The number of imidazole rings is 1. The van der Waals surface area contributed by atoms with Crippen LogP contribution in [0.3, 0.4) is 0 Å². The second kappa shape index (κ2) is 9.72. The standard InChI is InChI=1S/C29H30FN7O5/c1-14-13-41-21-10-16(9-19(21)32-28(38)40-4)37-25-20(36(3)29(37)39)11-31-27-23(25)22(15-5-7-17(42-14)8-6-15)24(33-27)18-12-35(2)34-26(18)30/h5-8,11-12,14,16,19,21H,9-10,13H2,1-4H3,(H,31,33)(H,32,38)/t14-,16+,19+,21+/m1/s1. The maximum atomic E-state index is 15.2. The van der Waals surface area contributed by atoms with Crippen LogP contribution in [-0.4, -0.2) is 66.9 Å². The van der Waals surface area contributed by atoms with Gasteiger partial charge in [0.25, 0.3) is 0 Å². The van der Waals surface area contributed by atoms with E-state index in [1.165, 1.54) is 11.8 Å². The molecule has 0 unspecified atom stereocenters. The Kier molecular flexibility index (Phi) is 6.08. The lowest BCUT2D eigenvalue weighted by Crippen LogP contribution is -2.42. The van der Waals surface area contributed by atoms with Crippen molar-refractivity contribution in [3.63, 3.8) is 0 Å². The van der Waals surface area contributed by atoms with Gasteiger partial charge in [0.05, 0.1) is 59.7 Å². The van der Waals surface area contributed by atoms with Gasteiger partial charge in [-0.1, -0.05) is 12.1 Å². The lowest BCUT2D eigenvalue weighted by molar-refractivity contribution is -0.00360. The van der Waals surface area contributed by atoms with Crippen LogP contribution in [0, 0.1) is 5.95 Å². The minimum Gasteiger partial charge on any atom is -0.488 e. The van der Waals surface area contributed by atoms with Crippen molar-refractivity contribution >= 4 is 28.2 Å². The maximum absolute atomic E-state index is 15.2. The summed E-state index contributed by atoms with van der Waals surface area (Å²) in [4.78, 5) is 34.1. The van der Waals surface area contributed by atoms with Crippen LogP contribution >= 0.6 is 0 Å². The minimum absolute atomic E-state index is 0.223. The van der Waals surface area contributed by atoms with E-state index in [9.17, 15) is 9.59 Å². The minimum atomic E-state index is -0.626. The number of amides is 1. The Labute approximate surface area is 239 Å². The van der Waals surface area contributed by atoms with Gasteiger partial charge in [0, 0.05) is 31.9 Å². The first-order valence-electron chi connectivity index (χ1n) is 13.8. The molecule has 1 amide bonds. The monoisotopic (exact) mass is 575 g/mol. The van der Waals surface area contributed by atoms with E-state index in [0.29, 0.717) is 51.9 Å². The fourth-order valence-electron chi connectivity index (χ4n) is 6.39. The molecule has 3 aliphatic rings. The topological polar surface area (TPSA) is 130 Å². The number of aromatic amines is 1. The van der Waals surface area contributed by atoms with Gasteiger partial charge in [0.15, 0.2) is 0 Å². The summed E-state index contributed by atoms with van der Waals surface area (Å²) in [5.74, 6) is 0.0197. The van der Waals surface area contributed by atoms with Crippen molar-refractivity contribution in [1.82, 2.24) is 34.2 Å². The van der Waals surface area contributed by atoms with Crippen LogP contribution in [0.2, 0.25) is 0 Å². The number of aryl methyl sites for hydroxylation is 2. The van der Waals surface area contributed by atoms with Crippen LogP contribution in [0.1, 0.15) is 25.8 Å². The molecule has 218 valence electrons. The Bertz CT molecular complexity index is 1900. The smallest absolute Gasteiger partial charge is 0.407 e. The summed E-state index contributed by atoms with van der Waals surface area (Å²) < 4.78 is 37.2. The zero-order valence-corrected chi connectivity index (χ0v) is 23.6. The van der Waals surface area contributed by atoms with Crippen molar-refractivity contribution in [3.8, 4) is 28.1 Å². The van der Waals surface area contributed by atoms with Crippen molar-refractivity contribution in [2.45, 2.75) is 44.1 Å². The Morgan fingerprint density at radius 1 is 1.21 bits per heavy atom. The van der Waals surface area contributed by atoms with Gasteiger partial charge in [0.2, 0.25) is 5.95 Å². The number of hydrogen-bond acceptors (Lipinski definition) is 7. The quantitative estimate of drug-likeness (QED) is 0.329. The molecule has 13 heteroatoms. The summed E-state index contributed by atoms with van der Waals surface area (Å²) in [6, 6.07) is 6.82. The number of methoxy groups -OCH3 is 1. The van der Waals surface area contributed by atoms with Crippen LogP contribution in [0.5, 0.6) is 5.75 Å². The van der Waals surface area contributed by atoms with E-state index in [0.717, 1.165) is 5.56 Å². The number of alkyl carbamates (subject to hydrolysis) is 1. The molecule has 1 saturated carbocycles. The average molecular weight is 576 g/mol. The third-order valence-corrected chi connectivity index (χ3v) is 8.28. The first-order chi connectivity index (χ1) is 20.2. The van der Waals surface area contributed by atoms with Gasteiger partial charge < -0.3 is 24.5 Å². The first kappa shape index (κ1) is 26.3. The summed E-state index contributed by atoms with van der Waals surface area (Å²) in [6.45, 7) is 2.19. The summed E-state index contributed by atoms with van der Waals surface area (Å²) in [5.41, 5.74) is 3.85. The number of rotatable bonds is 2. The summed E-state index contributed by atoms with van der Waals surface area (Å²) >= 11 is 0. The normalized spacial score (nSPS) is 21.9. The molecular weight excluding hydrogens is 545 g/mol. The van der Waals surface area contributed by atoms with Gasteiger partial charge in [-0.2, -0.15) is 4.39 Å². The number of fused-ring (bicyclic) bond motifs is 5. The molecule has 2 N–H and O–H groups in total. The number of H-pyrrole nitrogens is 1. The average Bonchev–Trinajstić information content (AvgIpc) is 3.70. The Morgan fingerprint density at radius 2 is 2.00 bits per heavy atom. The lowest BCUT2D eigenvalue weighted by atomic mass is 9.99. The lowest BCUT2D eigenvalue weighted by Gasteiger charge is -2.23. The highest BCUT2D eigenvalue weighted by Crippen LogP contribution is 2.43. The Balaban J connectivity index is 1.54. The zero-order chi connectivity index (χ0) is 29.3. The van der Waals surface area contributed by atoms with Gasteiger partial charge in [0.1, 0.15) is 17.5 Å². The third kappa shape index (κ3) is 4.06. The van der Waals surface area contributed by atoms with E-state index in [4.69, 9.17) is 14.2 Å². The van der Waals surface area contributed by atoms with Gasteiger partial charge in [-0.3, -0.25) is 13.8 Å². The number of ether oxygens (including phenoxy) is 3. The third-order valence-electron chi connectivity index (χ3n) is 8.28. The zero-order valence-electron chi connectivity index (χ0n) is 23.6. The van der Waals surface area contributed by atoms with Gasteiger partial charge >= 0.3 is 11.8 Å². The van der Waals surface area contributed by atoms with Crippen molar-refractivity contribution in [2.24, 2.45) is 14.1 Å². The van der Waals surface area contributed by atoms with Crippen LogP contribution in [0.15, 0.2) is 41.5 Å². The molecule has 1 fully saturated rings. The fourth-order valence-corrected chi connectivity index (χ4v) is 6.39. The second-order valence-electron chi connectivity index (χ2n) is 11.0. The summed E-state index contributed by atoms with van der Waals surface area (Å²) in [7, 11) is 4.68. The molecule has 0 radical (unpaired) electrons. The van der Waals surface area contributed by atoms with Gasteiger partial charge in [-0.15, -0.1) is 5.10 Å². The van der Waals surface area contributed by atoms with Crippen LogP contribution in [0.25, 0.3) is 44.5 Å². The number of carbonyl (C=O) groups is 1. The molecule has 2 aliphatic heterocycles. The van der Waals surface area contributed by atoms with Crippen molar-refractivity contribution in [1.29, 1.82) is 0 Å². The summed E-state index contributed by atoms with van der Waals surface area (Å²) in [5, 5.41) is 7.50. The number of nitrogens with one attached hydrogen (secondary N) is 2. The second-order valence-corrected chi connectivity index (χ2v) is 11.0. The van der Waals surface area contributed by atoms with Crippen molar-refractivity contribution < 1.29 is 23.4 Å². The molecule has 4 atom stereocenters. The Hall–Kier alpha value is -4.65. The van der Waals surface area contributed by atoms with Crippen LogP contribution in [-0.2, 0) is 23.6 Å². The molecule has 5 aromatic rings. The van der Waals surface area contributed by atoms with E-state index in [-0.39, 0.29) is 30.0 Å². The van der Waals surface area contributed by atoms with Crippen molar-refractivity contribution in [3.05, 3.63) is 53.1 Å². The number of nitrogens with zero attached hydrogens (tertiary/aromatic N) is 5. The molecule has 0 saturated heterocycles. The highest BCUT2D eigenvalue weighted by atomic mass is 19.1. The molecule has 0 spiro atoms. The van der Waals surface area contributed by atoms with Crippen LogP contribution in [0.4, 0.5) is 9.18 Å². The highest BCUT2D eigenvalue weighted by molar-refractivity contribution is 6.14. The number of pyridine rings is 1. The molecule has 6 heterocycles. The molecular formula is C29H30FN7O5. The number of benzene rings is 1. The van der Waals surface area contributed by atoms with Crippen LogP contribution < -0.4 is 15.7 Å². The fraction of sp³-hybridized carbons (Fsp3) is 0.379. The molecule has 4 aromatic heterocycles. The maximum Gasteiger partial charge on any atom is 0.407 e. The molecule has 42 heavy (non-hydrogen) atoms. The predicted molar refractivity (Wildman–Crippen MR) is 152 cm³/mol.